The van der Waals surface area contributed by atoms with E-state index in [1.807, 2.05) is 12.1 Å². The van der Waals surface area contributed by atoms with Gasteiger partial charge in [-0.3, -0.25) is 4.90 Å². The second kappa shape index (κ2) is 5.95. The maximum absolute atomic E-state index is 6.08. The number of fused-ring (bicyclic) bond motifs is 2. The molecule has 0 amide bonds. The molecule has 2 aliphatic rings. The molecule has 1 aromatic heterocycles. The molecule has 2 aliphatic heterocycles. The van der Waals surface area contributed by atoms with E-state index in [9.17, 15) is 0 Å². The van der Waals surface area contributed by atoms with Gasteiger partial charge < -0.3 is 4.52 Å². The summed E-state index contributed by atoms with van der Waals surface area (Å²) in [6.07, 6.45) is 4.64. The number of likely N-dealkylation sites (N-methyl/N-ethyl adjacent to an activating group) is 1. The molecule has 2 saturated heterocycles. The lowest BCUT2D eigenvalue weighted by Gasteiger charge is -2.42. The fourth-order valence-corrected chi connectivity index (χ4v) is 4.69. The van der Waals surface area contributed by atoms with Crippen molar-refractivity contribution in [1.82, 2.24) is 10.1 Å². The number of benzene rings is 1. The molecule has 0 spiro atoms. The summed E-state index contributed by atoms with van der Waals surface area (Å²) in [7, 11) is 2.27. The third kappa shape index (κ3) is 2.60. The van der Waals surface area contributed by atoms with Crippen molar-refractivity contribution in [2.45, 2.75) is 56.5 Å². The van der Waals surface area contributed by atoms with Crippen LogP contribution >= 0.6 is 11.6 Å². The molecule has 3 nitrogen and oxygen atoms in total. The minimum atomic E-state index is 0.382. The van der Waals surface area contributed by atoms with Gasteiger partial charge in [-0.15, -0.1) is 0 Å². The first-order valence-corrected chi connectivity index (χ1v) is 8.98. The van der Waals surface area contributed by atoms with Crippen LogP contribution in [-0.2, 0) is 6.42 Å². The Bertz CT molecular complexity index is 681. The van der Waals surface area contributed by atoms with Crippen LogP contribution in [0.25, 0.3) is 0 Å². The van der Waals surface area contributed by atoms with E-state index in [2.05, 4.69) is 42.2 Å². The minimum Gasteiger partial charge on any atom is -0.361 e. The van der Waals surface area contributed by atoms with Gasteiger partial charge in [-0.05, 0) is 56.3 Å². The maximum atomic E-state index is 6.08. The van der Waals surface area contributed by atoms with Gasteiger partial charge >= 0.3 is 0 Å². The molecule has 23 heavy (non-hydrogen) atoms. The zero-order valence-electron chi connectivity index (χ0n) is 13.7. The third-order valence-electron chi connectivity index (χ3n) is 5.83. The number of hydrogen-bond acceptors (Lipinski definition) is 3. The summed E-state index contributed by atoms with van der Waals surface area (Å²) >= 11 is 6.08. The van der Waals surface area contributed by atoms with E-state index in [4.69, 9.17) is 16.1 Å². The molecule has 0 radical (unpaired) electrons. The molecule has 0 N–H and O–H groups in total. The van der Waals surface area contributed by atoms with Crippen molar-refractivity contribution < 1.29 is 4.52 Å². The molecular formula is C19H23ClN2O. The Morgan fingerprint density at radius 3 is 2.74 bits per heavy atom. The Morgan fingerprint density at radius 1 is 1.26 bits per heavy atom. The van der Waals surface area contributed by atoms with Crippen LogP contribution in [0, 0.1) is 0 Å². The molecule has 0 aliphatic carbocycles. The molecule has 0 saturated carbocycles. The van der Waals surface area contributed by atoms with Crippen molar-refractivity contribution in [2.24, 2.45) is 0 Å². The van der Waals surface area contributed by atoms with E-state index < -0.39 is 0 Å². The highest BCUT2D eigenvalue weighted by atomic mass is 35.5. The number of hydrogen-bond donors (Lipinski definition) is 0. The number of piperidine rings is 1. The van der Waals surface area contributed by atoms with Crippen LogP contribution in [0.15, 0.2) is 34.9 Å². The Kier molecular flexibility index (Phi) is 3.94. The maximum Gasteiger partial charge on any atom is 0.142 e. The fourth-order valence-electron chi connectivity index (χ4n) is 4.56. The van der Waals surface area contributed by atoms with Crippen molar-refractivity contribution >= 4 is 11.6 Å². The predicted molar refractivity (Wildman–Crippen MR) is 92.0 cm³/mol. The van der Waals surface area contributed by atoms with Crippen molar-refractivity contribution in [1.29, 1.82) is 0 Å². The molecular weight excluding hydrogens is 308 g/mol. The summed E-state index contributed by atoms with van der Waals surface area (Å²) < 4.78 is 5.77. The van der Waals surface area contributed by atoms with Gasteiger partial charge in [0.1, 0.15) is 5.76 Å². The first-order chi connectivity index (χ1) is 11.2. The summed E-state index contributed by atoms with van der Waals surface area (Å²) in [6, 6.07) is 11.8. The lowest BCUT2D eigenvalue weighted by molar-refractivity contribution is 0.122. The molecule has 4 heteroatoms. The van der Waals surface area contributed by atoms with E-state index in [1.165, 1.54) is 24.8 Å². The molecule has 4 rings (SSSR count). The summed E-state index contributed by atoms with van der Waals surface area (Å²) in [4.78, 5) is 2.56. The van der Waals surface area contributed by atoms with Gasteiger partial charge in [0.15, 0.2) is 0 Å². The molecule has 2 fully saturated rings. The Hall–Kier alpha value is -1.32. The zero-order chi connectivity index (χ0) is 16.0. The number of aromatic nitrogens is 1. The number of halogens is 1. The van der Waals surface area contributed by atoms with Crippen LogP contribution in [0.2, 0.25) is 5.02 Å². The van der Waals surface area contributed by atoms with Gasteiger partial charge in [-0.1, -0.05) is 35.8 Å². The lowest BCUT2D eigenvalue weighted by Crippen LogP contribution is -2.44. The number of rotatable bonds is 3. The highest BCUT2D eigenvalue weighted by Crippen LogP contribution is 2.51. The average Bonchev–Trinajstić information content (AvgIpc) is 3.11. The normalized spacial score (nSPS) is 30.7. The second-order valence-electron chi connectivity index (χ2n) is 6.96. The third-order valence-corrected chi connectivity index (χ3v) is 6.09. The largest absolute Gasteiger partial charge is 0.361 e. The molecule has 2 aromatic rings. The van der Waals surface area contributed by atoms with Gasteiger partial charge in [0.2, 0.25) is 0 Å². The first-order valence-electron chi connectivity index (χ1n) is 8.60. The van der Waals surface area contributed by atoms with Crippen LogP contribution in [0.5, 0.6) is 0 Å². The smallest absolute Gasteiger partial charge is 0.142 e. The van der Waals surface area contributed by atoms with Crippen molar-refractivity contribution in [2.75, 3.05) is 7.05 Å². The number of nitrogens with zero attached hydrogens (tertiary/aromatic N) is 2. The van der Waals surface area contributed by atoms with Crippen LogP contribution in [0.1, 0.15) is 55.0 Å². The standard InChI is InChI=1S/C19H23ClN2O/c1-3-14-10-18(23-21-14)19-16(12-4-6-13(20)7-5-12)11-15-8-9-17(19)22(15)2/h4-7,10,15-17,19H,3,8-9,11H2,1-2H3/t15?,16-,17?,19?/m1/s1. The molecule has 2 bridgehead atoms. The van der Waals surface area contributed by atoms with Crippen LogP contribution in [0.3, 0.4) is 0 Å². The molecule has 122 valence electrons. The van der Waals surface area contributed by atoms with Gasteiger partial charge in [0.05, 0.1) is 5.69 Å². The Morgan fingerprint density at radius 2 is 2.04 bits per heavy atom. The van der Waals surface area contributed by atoms with Gasteiger partial charge in [0.25, 0.3) is 0 Å². The highest BCUT2D eigenvalue weighted by molar-refractivity contribution is 6.30. The van der Waals surface area contributed by atoms with E-state index in [0.717, 1.165) is 22.9 Å². The molecule has 4 atom stereocenters. The second-order valence-corrected chi connectivity index (χ2v) is 7.39. The molecule has 3 unspecified atom stereocenters. The number of aryl methyl sites for hydroxylation is 1. The van der Waals surface area contributed by atoms with Gasteiger partial charge in [-0.25, -0.2) is 0 Å². The monoisotopic (exact) mass is 330 g/mol. The Labute approximate surface area is 142 Å². The van der Waals surface area contributed by atoms with E-state index in [1.54, 1.807) is 0 Å². The van der Waals surface area contributed by atoms with Gasteiger partial charge in [-0.2, -0.15) is 0 Å². The quantitative estimate of drug-likeness (QED) is 0.822. The fraction of sp³-hybridized carbons (Fsp3) is 0.526. The average molecular weight is 331 g/mol. The van der Waals surface area contributed by atoms with Gasteiger partial charge in [0, 0.05) is 29.1 Å². The van der Waals surface area contributed by atoms with Crippen molar-refractivity contribution in [3.63, 3.8) is 0 Å². The minimum absolute atomic E-state index is 0.382. The van der Waals surface area contributed by atoms with Crippen molar-refractivity contribution in [3.8, 4) is 0 Å². The van der Waals surface area contributed by atoms with E-state index in [-0.39, 0.29) is 0 Å². The summed E-state index contributed by atoms with van der Waals surface area (Å²) in [5, 5.41) is 5.04. The topological polar surface area (TPSA) is 29.3 Å². The van der Waals surface area contributed by atoms with Crippen LogP contribution in [-0.4, -0.2) is 29.2 Å². The highest BCUT2D eigenvalue weighted by Gasteiger charge is 2.48. The molecule has 1 aromatic carbocycles. The van der Waals surface area contributed by atoms with Crippen LogP contribution in [0.4, 0.5) is 0 Å². The zero-order valence-corrected chi connectivity index (χ0v) is 14.5. The van der Waals surface area contributed by atoms with E-state index >= 15 is 0 Å². The van der Waals surface area contributed by atoms with Crippen molar-refractivity contribution in [3.05, 3.63) is 52.4 Å². The SMILES string of the molecule is CCc1cc(C2C3CCC(C[C@@H]2c2ccc(Cl)cc2)N3C)on1. The first kappa shape index (κ1) is 15.2. The Balaban J connectivity index is 1.74. The summed E-state index contributed by atoms with van der Waals surface area (Å²) in [5.74, 6) is 1.92. The summed E-state index contributed by atoms with van der Waals surface area (Å²) in [6.45, 7) is 2.12. The lowest BCUT2D eigenvalue weighted by atomic mass is 9.75. The van der Waals surface area contributed by atoms with E-state index in [0.29, 0.717) is 23.9 Å². The molecule has 3 heterocycles. The predicted octanol–water partition coefficient (Wildman–Crippen LogP) is 4.62. The van der Waals surface area contributed by atoms with Crippen LogP contribution < -0.4 is 0 Å². The summed E-state index contributed by atoms with van der Waals surface area (Å²) in [5.41, 5.74) is 2.43.